The van der Waals surface area contributed by atoms with Gasteiger partial charge in [0, 0.05) is 11.1 Å². The van der Waals surface area contributed by atoms with Gasteiger partial charge in [-0.05, 0) is 80.3 Å². The van der Waals surface area contributed by atoms with Crippen LogP contribution in [-0.4, -0.2) is 19.9 Å². The largest absolute Gasteiger partial charge is 0.338 e. The number of benzene rings is 3. The summed E-state index contributed by atoms with van der Waals surface area (Å²) in [5, 5.41) is 0. The Morgan fingerprint density at radius 1 is 0.571 bits per heavy atom. The molecule has 0 unspecified atom stereocenters. The first-order chi connectivity index (χ1) is 13.5. The van der Waals surface area contributed by atoms with Gasteiger partial charge in [0.1, 0.15) is 11.6 Å². The quantitative estimate of drug-likeness (QED) is 0.402. The summed E-state index contributed by atoms with van der Waals surface area (Å²) in [5.41, 5.74) is 11.3. The normalized spacial score (nSPS) is 11.6. The van der Waals surface area contributed by atoms with Crippen LogP contribution >= 0.6 is 0 Å². The van der Waals surface area contributed by atoms with Gasteiger partial charge in [-0.25, -0.2) is 9.97 Å². The van der Waals surface area contributed by atoms with Crippen molar-refractivity contribution in [3.63, 3.8) is 0 Å². The molecule has 28 heavy (non-hydrogen) atoms. The van der Waals surface area contributed by atoms with E-state index in [0.717, 1.165) is 44.8 Å². The molecule has 2 N–H and O–H groups in total. The molecule has 0 saturated carbocycles. The van der Waals surface area contributed by atoms with Crippen molar-refractivity contribution in [3.05, 3.63) is 70.8 Å². The minimum Gasteiger partial charge on any atom is -0.338 e. The molecule has 5 aromatic rings. The monoisotopic (exact) mass is 366 g/mol. The van der Waals surface area contributed by atoms with Crippen molar-refractivity contribution in [1.29, 1.82) is 0 Å². The summed E-state index contributed by atoms with van der Waals surface area (Å²) < 4.78 is 0. The summed E-state index contributed by atoms with van der Waals surface area (Å²) in [7, 11) is 0. The topological polar surface area (TPSA) is 57.4 Å². The molecule has 0 fully saturated rings. The minimum absolute atomic E-state index is 0.879. The molecule has 2 heterocycles. The number of aromatic amines is 2. The Bertz CT molecular complexity index is 1180. The third-order valence-corrected chi connectivity index (χ3v) is 5.60. The maximum absolute atomic E-state index is 4.80. The Morgan fingerprint density at radius 3 is 1.46 bits per heavy atom. The van der Waals surface area contributed by atoms with Gasteiger partial charge in [-0.15, -0.1) is 0 Å². The number of aromatic nitrogens is 4. The maximum Gasteiger partial charge on any atom is 0.138 e. The summed E-state index contributed by atoms with van der Waals surface area (Å²) in [4.78, 5) is 16.5. The molecule has 0 aliphatic carbocycles. The van der Waals surface area contributed by atoms with Crippen LogP contribution in [0.2, 0.25) is 0 Å². The van der Waals surface area contributed by atoms with Crippen LogP contribution in [0.5, 0.6) is 0 Å². The van der Waals surface area contributed by atoms with Gasteiger partial charge in [0.15, 0.2) is 0 Å². The Kier molecular flexibility index (Phi) is 3.63. The van der Waals surface area contributed by atoms with Gasteiger partial charge in [0.05, 0.1) is 22.1 Å². The van der Waals surface area contributed by atoms with Crippen LogP contribution in [0.4, 0.5) is 0 Å². The highest BCUT2D eigenvalue weighted by Gasteiger charge is 2.11. The molecule has 0 aliphatic rings. The number of hydrogen-bond donors (Lipinski definition) is 2. The third kappa shape index (κ3) is 2.69. The van der Waals surface area contributed by atoms with Gasteiger partial charge < -0.3 is 9.97 Å². The zero-order chi connectivity index (χ0) is 19.4. The molecular weight excluding hydrogens is 344 g/mol. The van der Waals surface area contributed by atoms with E-state index in [1.54, 1.807) is 0 Å². The van der Waals surface area contributed by atoms with Gasteiger partial charge in [0.25, 0.3) is 0 Å². The SMILES string of the molecule is Cc1cc2nc(-c3cccc(-c4nc5cc(C)c(C)cc5[nH]4)c3)[nH]c2cc1C. The summed E-state index contributed by atoms with van der Waals surface area (Å²) in [6.07, 6.45) is 0. The van der Waals surface area contributed by atoms with Crippen LogP contribution in [0.1, 0.15) is 22.3 Å². The van der Waals surface area contributed by atoms with Crippen LogP contribution < -0.4 is 0 Å². The molecule has 0 saturated heterocycles. The Morgan fingerprint density at radius 2 is 1.00 bits per heavy atom. The van der Waals surface area contributed by atoms with E-state index in [4.69, 9.17) is 9.97 Å². The first-order valence-electron chi connectivity index (χ1n) is 9.53. The van der Waals surface area contributed by atoms with Crippen molar-refractivity contribution in [2.75, 3.05) is 0 Å². The summed E-state index contributed by atoms with van der Waals surface area (Å²) in [5.74, 6) is 1.76. The number of H-pyrrole nitrogens is 2. The molecule has 2 aromatic heterocycles. The van der Waals surface area contributed by atoms with E-state index in [1.165, 1.54) is 22.3 Å². The van der Waals surface area contributed by atoms with Gasteiger partial charge in [-0.1, -0.05) is 18.2 Å². The number of fused-ring (bicyclic) bond motifs is 2. The highest BCUT2D eigenvalue weighted by molar-refractivity contribution is 5.83. The summed E-state index contributed by atoms with van der Waals surface area (Å²) in [6, 6.07) is 16.9. The first-order valence-corrected chi connectivity index (χ1v) is 9.53. The zero-order valence-electron chi connectivity index (χ0n) is 16.5. The van der Waals surface area contributed by atoms with Crippen LogP contribution in [0.25, 0.3) is 44.8 Å². The molecule has 0 radical (unpaired) electrons. The van der Waals surface area contributed by atoms with E-state index in [1.807, 2.05) is 0 Å². The summed E-state index contributed by atoms with van der Waals surface area (Å²) >= 11 is 0. The lowest BCUT2D eigenvalue weighted by molar-refractivity contribution is 1.31. The van der Waals surface area contributed by atoms with Crippen molar-refractivity contribution in [1.82, 2.24) is 19.9 Å². The Balaban J connectivity index is 1.60. The lowest BCUT2D eigenvalue weighted by Crippen LogP contribution is -1.84. The highest BCUT2D eigenvalue weighted by atomic mass is 14.9. The van der Waals surface area contributed by atoms with Crippen molar-refractivity contribution in [2.24, 2.45) is 0 Å². The molecule has 0 aliphatic heterocycles. The van der Waals surface area contributed by atoms with Gasteiger partial charge >= 0.3 is 0 Å². The Labute approximate surface area is 163 Å². The third-order valence-electron chi connectivity index (χ3n) is 5.60. The van der Waals surface area contributed by atoms with Gasteiger partial charge in [-0.2, -0.15) is 0 Å². The van der Waals surface area contributed by atoms with Crippen LogP contribution in [-0.2, 0) is 0 Å². The van der Waals surface area contributed by atoms with Gasteiger partial charge in [0.2, 0.25) is 0 Å². The van der Waals surface area contributed by atoms with Crippen molar-refractivity contribution in [3.8, 4) is 22.8 Å². The predicted octanol–water partition coefficient (Wildman–Crippen LogP) is 6.01. The van der Waals surface area contributed by atoms with E-state index in [2.05, 4.69) is 86.2 Å². The average Bonchev–Trinajstić information content (AvgIpc) is 3.26. The smallest absolute Gasteiger partial charge is 0.138 e. The molecule has 5 rings (SSSR count). The molecule has 4 nitrogen and oxygen atoms in total. The van der Waals surface area contributed by atoms with E-state index in [0.29, 0.717) is 0 Å². The molecule has 0 spiro atoms. The second-order valence-electron chi connectivity index (χ2n) is 7.66. The molecule has 138 valence electrons. The molecule has 0 bridgehead atoms. The highest BCUT2D eigenvalue weighted by Crippen LogP contribution is 2.28. The number of hydrogen-bond acceptors (Lipinski definition) is 2. The standard InChI is InChI=1S/C24H22N4/c1-13-8-19-20(9-14(13)2)26-23(25-19)17-6-5-7-18(12-17)24-27-21-10-15(3)16(4)11-22(21)28-24/h5-12H,1-4H3,(H,25,26)(H,27,28). The molecular formula is C24H22N4. The van der Waals surface area contributed by atoms with Gasteiger partial charge in [-0.3, -0.25) is 0 Å². The number of nitrogens with one attached hydrogen (secondary N) is 2. The number of imidazole rings is 2. The molecule has 3 aromatic carbocycles. The predicted molar refractivity (Wildman–Crippen MR) is 116 cm³/mol. The maximum atomic E-state index is 4.80. The van der Waals surface area contributed by atoms with Crippen LogP contribution in [0.3, 0.4) is 0 Å². The number of nitrogens with zero attached hydrogens (tertiary/aromatic N) is 2. The van der Waals surface area contributed by atoms with E-state index in [9.17, 15) is 0 Å². The fraction of sp³-hybridized carbons (Fsp3) is 0.167. The minimum atomic E-state index is 0.879. The van der Waals surface area contributed by atoms with Crippen molar-refractivity contribution in [2.45, 2.75) is 27.7 Å². The van der Waals surface area contributed by atoms with E-state index >= 15 is 0 Å². The van der Waals surface area contributed by atoms with Crippen LogP contribution in [0.15, 0.2) is 48.5 Å². The fourth-order valence-corrected chi connectivity index (χ4v) is 3.63. The molecule has 0 amide bonds. The second-order valence-corrected chi connectivity index (χ2v) is 7.66. The van der Waals surface area contributed by atoms with E-state index < -0.39 is 0 Å². The molecule has 4 heteroatoms. The van der Waals surface area contributed by atoms with Crippen LogP contribution in [0, 0.1) is 27.7 Å². The summed E-state index contributed by atoms with van der Waals surface area (Å²) in [6.45, 7) is 8.49. The lowest BCUT2D eigenvalue weighted by atomic mass is 10.1. The zero-order valence-corrected chi connectivity index (χ0v) is 16.5. The second kappa shape index (κ2) is 6.06. The van der Waals surface area contributed by atoms with Crippen molar-refractivity contribution < 1.29 is 0 Å². The average molecular weight is 366 g/mol. The lowest BCUT2D eigenvalue weighted by Gasteiger charge is -2.00. The number of rotatable bonds is 2. The molecule has 0 atom stereocenters. The fourth-order valence-electron chi connectivity index (χ4n) is 3.63. The first kappa shape index (κ1) is 16.8. The number of aryl methyl sites for hydroxylation is 4. The van der Waals surface area contributed by atoms with E-state index in [-0.39, 0.29) is 0 Å². The van der Waals surface area contributed by atoms with Crippen molar-refractivity contribution >= 4 is 22.1 Å². The Hall–Kier alpha value is -3.40.